The first kappa shape index (κ1) is 8.80. The highest BCUT2D eigenvalue weighted by atomic mass is 32.2. The number of hydrogen-bond donors (Lipinski definition) is 2. The molecule has 1 saturated heterocycles. The lowest BCUT2D eigenvalue weighted by molar-refractivity contribution is 0.944. The molecule has 0 aliphatic carbocycles. The molecule has 1 fully saturated rings. The molecule has 0 atom stereocenters. The number of nitrogens with one attached hydrogen (secondary N) is 1. The summed E-state index contributed by atoms with van der Waals surface area (Å²) in [4.78, 5) is 0. The van der Waals surface area contributed by atoms with Gasteiger partial charge in [-0.2, -0.15) is 16.9 Å². The van der Waals surface area contributed by atoms with E-state index in [4.69, 9.17) is 5.73 Å². The van der Waals surface area contributed by atoms with Crippen molar-refractivity contribution in [2.45, 2.75) is 12.8 Å². The molecule has 1 heterocycles. The van der Waals surface area contributed by atoms with Crippen molar-refractivity contribution in [2.75, 3.05) is 11.5 Å². The first-order chi connectivity index (χ1) is 5.29. The maximum absolute atomic E-state index is 5.22. The van der Waals surface area contributed by atoms with Gasteiger partial charge in [0.2, 0.25) is 0 Å². The fraction of sp³-hybridized carbons (Fsp3) is 0.667. The van der Waals surface area contributed by atoms with Crippen LogP contribution in [0.4, 0.5) is 0 Å². The molecular formula is C6H11N3S2. The smallest absolute Gasteiger partial charge is 0.184 e. The third-order valence-electron chi connectivity index (χ3n) is 1.35. The van der Waals surface area contributed by atoms with Gasteiger partial charge in [-0.15, -0.1) is 0 Å². The van der Waals surface area contributed by atoms with E-state index in [0.717, 1.165) is 17.9 Å². The van der Waals surface area contributed by atoms with Crippen LogP contribution in [0.1, 0.15) is 12.8 Å². The van der Waals surface area contributed by atoms with Crippen LogP contribution in [-0.2, 0) is 0 Å². The molecule has 62 valence electrons. The molecule has 0 radical (unpaired) electrons. The van der Waals surface area contributed by atoms with Gasteiger partial charge < -0.3 is 5.73 Å². The van der Waals surface area contributed by atoms with Crippen LogP contribution in [0.25, 0.3) is 0 Å². The van der Waals surface area contributed by atoms with Gasteiger partial charge >= 0.3 is 0 Å². The molecular weight excluding hydrogens is 178 g/mol. The highest BCUT2D eigenvalue weighted by Gasteiger charge is 2.06. The topological polar surface area (TPSA) is 50.4 Å². The molecule has 1 rings (SSSR count). The molecule has 0 unspecified atom stereocenters. The first-order valence-corrected chi connectivity index (χ1v) is 5.04. The quantitative estimate of drug-likeness (QED) is 0.471. The van der Waals surface area contributed by atoms with Crippen molar-refractivity contribution >= 4 is 34.8 Å². The van der Waals surface area contributed by atoms with E-state index in [-0.39, 0.29) is 5.11 Å². The Kier molecular flexibility index (Phi) is 3.65. The summed E-state index contributed by atoms with van der Waals surface area (Å²) in [5, 5.41) is 4.31. The Morgan fingerprint density at radius 2 is 2.55 bits per heavy atom. The predicted molar refractivity (Wildman–Crippen MR) is 53.9 cm³/mol. The van der Waals surface area contributed by atoms with Crippen LogP contribution in [0, 0.1) is 0 Å². The Labute approximate surface area is 75.8 Å². The highest BCUT2D eigenvalue weighted by molar-refractivity contribution is 8.00. The average molecular weight is 189 g/mol. The summed E-state index contributed by atoms with van der Waals surface area (Å²) >= 11 is 6.52. The molecule has 3 nitrogen and oxygen atoms in total. The lowest BCUT2D eigenvalue weighted by Gasteiger charge is -2.11. The van der Waals surface area contributed by atoms with Crippen molar-refractivity contribution in [3.05, 3.63) is 0 Å². The molecule has 11 heavy (non-hydrogen) atoms. The van der Waals surface area contributed by atoms with Crippen molar-refractivity contribution in [1.29, 1.82) is 0 Å². The second-order valence-electron chi connectivity index (χ2n) is 2.31. The van der Waals surface area contributed by atoms with Crippen LogP contribution in [0.2, 0.25) is 0 Å². The molecule has 0 saturated carbocycles. The minimum atomic E-state index is 0.244. The van der Waals surface area contributed by atoms with Crippen LogP contribution >= 0.6 is 24.0 Å². The Morgan fingerprint density at radius 3 is 3.09 bits per heavy atom. The van der Waals surface area contributed by atoms with E-state index in [1.807, 2.05) is 11.8 Å². The molecule has 0 spiro atoms. The van der Waals surface area contributed by atoms with E-state index in [2.05, 4.69) is 22.7 Å². The van der Waals surface area contributed by atoms with E-state index in [1.165, 1.54) is 12.2 Å². The zero-order valence-electron chi connectivity index (χ0n) is 6.17. The molecule has 5 heteroatoms. The fourth-order valence-corrected chi connectivity index (χ4v) is 1.85. The number of nitrogens with two attached hydrogens (primary N) is 1. The van der Waals surface area contributed by atoms with Crippen molar-refractivity contribution in [1.82, 2.24) is 5.43 Å². The van der Waals surface area contributed by atoms with Gasteiger partial charge in [0.15, 0.2) is 5.11 Å². The molecule has 3 N–H and O–H groups in total. The molecule has 0 amide bonds. The minimum absolute atomic E-state index is 0.244. The maximum Gasteiger partial charge on any atom is 0.184 e. The number of nitrogens with zero attached hydrogens (tertiary/aromatic N) is 1. The van der Waals surface area contributed by atoms with Gasteiger partial charge in [0.05, 0.1) is 0 Å². The number of hydrogen-bond acceptors (Lipinski definition) is 3. The van der Waals surface area contributed by atoms with E-state index in [0.29, 0.717) is 0 Å². The third-order valence-corrected chi connectivity index (χ3v) is 2.55. The van der Waals surface area contributed by atoms with Crippen LogP contribution in [0.15, 0.2) is 5.10 Å². The van der Waals surface area contributed by atoms with Gasteiger partial charge in [-0.1, -0.05) is 0 Å². The van der Waals surface area contributed by atoms with Gasteiger partial charge in [0.1, 0.15) is 0 Å². The zero-order valence-corrected chi connectivity index (χ0v) is 7.80. The summed E-state index contributed by atoms with van der Waals surface area (Å²) in [6.07, 6.45) is 2.28. The normalized spacial score (nSPS) is 21.6. The summed E-state index contributed by atoms with van der Waals surface area (Å²) in [7, 11) is 0. The molecule has 0 aromatic carbocycles. The number of thioether (sulfide) groups is 1. The second-order valence-corrected chi connectivity index (χ2v) is 3.86. The second kappa shape index (κ2) is 4.56. The highest BCUT2D eigenvalue weighted by Crippen LogP contribution is 2.13. The van der Waals surface area contributed by atoms with Crippen LogP contribution in [0.5, 0.6) is 0 Å². The Morgan fingerprint density at radius 1 is 1.73 bits per heavy atom. The van der Waals surface area contributed by atoms with Crippen molar-refractivity contribution in [2.24, 2.45) is 10.8 Å². The van der Waals surface area contributed by atoms with Crippen LogP contribution in [-0.4, -0.2) is 22.3 Å². The number of rotatable bonds is 1. The van der Waals surface area contributed by atoms with Crippen LogP contribution < -0.4 is 11.2 Å². The lowest BCUT2D eigenvalue weighted by Crippen LogP contribution is -2.26. The largest absolute Gasteiger partial charge is 0.375 e. The lowest BCUT2D eigenvalue weighted by atomic mass is 10.2. The molecule has 0 aromatic heterocycles. The number of thiocarbonyl (C=S) groups is 1. The Balaban J connectivity index is 2.32. The van der Waals surface area contributed by atoms with Gasteiger partial charge in [0, 0.05) is 11.5 Å². The van der Waals surface area contributed by atoms with Gasteiger partial charge in [-0.05, 0) is 30.8 Å². The SMILES string of the molecule is NC(=S)N/N=C1/CCCSC1. The monoisotopic (exact) mass is 189 g/mol. The average Bonchev–Trinajstić information content (AvgIpc) is 2.03. The Hall–Kier alpha value is -0.290. The van der Waals surface area contributed by atoms with Crippen molar-refractivity contribution in [3.8, 4) is 0 Å². The molecule has 0 aromatic rings. The van der Waals surface area contributed by atoms with E-state index < -0.39 is 0 Å². The van der Waals surface area contributed by atoms with E-state index in [1.54, 1.807) is 0 Å². The number of hydrazone groups is 1. The summed E-state index contributed by atoms with van der Waals surface area (Å²) in [6, 6.07) is 0. The Bertz CT molecular complexity index is 171. The van der Waals surface area contributed by atoms with E-state index in [9.17, 15) is 0 Å². The molecule has 0 bridgehead atoms. The zero-order chi connectivity index (χ0) is 8.10. The van der Waals surface area contributed by atoms with Gasteiger partial charge in [0.25, 0.3) is 0 Å². The van der Waals surface area contributed by atoms with Crippen molar-refractivity contribution in [3.63, 3.8) is 0 Å². The molecule has 1 aliphatic rings. The third kappa shape index (κ3) is 3.57. The standard InChI is InChI=1S/C6H11N3S2/c7-6(10)9-8-5-2-1-3-11-4-5/h1-4H2,(H3,7,9,10)/b8-5-. The summed E-state index contributed by atoms with van der Waals surface area (Å²) in [5.41, 5.74) is 8.98. The van der Waals surface area contributed by atoms with Gasteiger partial charge in [-0.25, -0.2) is 0 Å². The molecule has 1 aliphatic heterocycles. The van der Waals surface area contributed by atoms with Crippen molar-refractivity contribution < 1.29 is 0 Å². The minimum Gasteiger partial charge on any atom is -0.375 e. The maximum atomic E-state index is 5.22. The van der Waals surface area contributed by atoms with Crippen LogP contribution in [0.3, 0.4) is 0 Å². The summed E-state index contributed by atoms with van der Waals surface area (Å²) < 4.78 is 0. The van der Waals surface area contributed by atoms with E-state index >= 15 is 0 Å². The van der Waals surface area contributed by atoms with Gasteiger partial charge in [-0.3, -0.25) is 5.43 Å². The predicted octanol–water partition coefficient (Wildman–Crippen LogP) is 0.703. The summed E-state index contributed by atoms with van der Waals surface area (Å²) in [5.74, 6) is 2.25. The first-order valence-electron chi connectivity index (χ1n) is 3.47. The fourth-order valence-electron chi connectivity index (χ4n) is 0.863. The summed E-state index contributed by atoms with van der Waals surface area (Å²) in [6.45, 7) is 0.